The highest BCUT2D eigenvalue weighted by Crippen LogP contribution is 2.48. The predicted octanol–water partition coefficient (Wildman–Crippen LogP) is 0.669. The molecule has 0 aromatic carbocycles. The summed E-state index contributed by atoms with van der Waals surface area (Å²) in [5.41, 5.74) is 6.16. The molecule has 2 saturated carbocycles. The van der Waals surface area contributed by atoms with Crippen molar-refractivity contribution in [3.63, 3.8) is 0 Å². The van der Waals surface area contributed by atoms with Gasteiger partial charge in [0, 0.05) is 19.2 Å². The summed E-state index contributed by atoms with van der Waals surface area (Å²) in [6, 6.07) is -0.896. The fraction of sp³-hybridized carbons (Fsp3) is 0.769. The molecule has 6 heteroatoms. The third kappa shape index (κ3) is 2.63. The Hall–Kier alpha value is -1.43. The van der Waals surface area contributed by atoms with Gasteiger partial charge in [-0.25, -0.2) is 0 Å². The highest BCUT2D eigenvalue weighted by Gasteiger charge is 2.39. The summed E-state index contributed by atoms with van der Waals surface area (Å²) in [7, 11) is 0. The zero-order valence-electron chi connectivity index (χ0n) is 10.9. The van der Waals surface area contributed by atoms with Gasteiger partial charge in [0.25, 0.3) is 0 Å². The number of aliphatic carboxylic acids is 1. The number of nitrogens with two attached hydrogens (primary N) is 1. The van der Waals surface area contributed by atoms with Gasteiger partial charge in [-0.05, 0) is 37.0 Å². The van der Waals surface area contributed by atoms with Crippen LogP contribution in [0.4, 0.5) is 0 Å². The van der Waals surface area contributed by atoms with E-state index in [1.807, 2.05) is 10.9 Å². The summed E-state index contributed by atoms with van der Waals surface area (Å²) in [4.78, 5) is 10.7. The molecule has 0 amide bonds. The second-order valence-electron chi connectivity index (χ2n) is 6.02. The smallest absolute Gasteiger partial charge is 0.320 e. The van der Waals surface area contributed by atoms with Crippen LogP contribution in [0.3, 0.4) is 0 Å². The van der Waals surface area contributed by atoms with E-state index in [2.05, 4.69) is 10.3 Å². The Labute approximate surface area is 112 Å². The molecule has 2 aliphatic carbocycles. The molecule has 3 rings (SSSR count). The van der Waals surface area contributed by atoms with Crippen LogP contribution in [0, 0.1) is 17.8 Å². The lowest BCUT2D eigenvalue weighted by molar-refractivity contribution is -0.138. The molecule has 2 bridgehead atoms. The number of carboxylic acid groups (broad SMARTS) is 1. The van der Waals surface area contributed by atoms with Gasteiger partial charge < -0.3 is 10.8 Å². The van der Waals surface area contributed by atoms with Gasteiger partial charge in [0.15, 0.2) is 0 Å². The molecule has 4 unspecified atom stereocenters. The van der Waals surface area contributed by atoms with Crippen molar-refractivity contribution >= 4 is 5.97 Å². The van der Waals surface area contributed by atoms with E-state index in [0.717, 1.165) is 24.3 Å². The van der Waals surface area contributed by atoms with E-state index in [1.54, 1.807) is 0 Å². The Morgan fingerprint density at radius 2 is 2.37 bits per heavy atom. The largest absolute Gasteiger partial charge is 0.480 e. The fourth-order valence-corrected chi connectivity index (χ4v) is 3.67. The van der Waals surface area contributed by atoms with E-state index < -0.39 is 12.0 Å². The number of hydrogen-bond donors (Lipinski definition) is 2. The van der Waals surface area contributed by atoms with Crippen LogP contribution in [0.15, 0.2) is 6.20 Å². The first-order valence-corrected chi connectivity index (χ1v) is 6.99. The van der Waals surface area contributed by atoms with Crippen LogP contribution in [0.1, 0.15) is 31.4 Å². The van der Waals surface area contributed by atoms with Crippen molar-refractivity contribution in [3.05, 3.63) is 11.9 Å². The average Bonchev–Trinajstić information content (AvgIpc) is 3.06. The van der Waals surface area contributed by atoms with Crippen molar-refractivity contribution in [2.75, 3.05) is 0 Å². The molecule has 6 nitrogen and oxygen atoms in total. The Balaban J connectivity index is 1.58. The standard InChI is InChI=1S/C13H20N4O2/c14-12(13(18)19)5-11-7-17(16-15-11)6-10-4-8-1-2-9(10)3-8/h7-10,12H,1-6,14H2,(H,18,19). The van der Waals surface area contributed by atoms with Gasteiger partial charge in [-0.15, -0.1) is 5.10 Å². The summed E-state index contributed by atoms with van der Waals surface area (Å²) in [5, 5.41) is 16.9. The second-order valence-corrected chi connectivity index (χ2v) is 6.02. The van der Waals surface area contributed by atoms with E-state index in [0.29, 0.717) is 5.69 Å². The van der Waals surface area contributed by atoms with E-state index in [-0.39, 0.29) is 6.42 Å². The van der Waals surface area contributed by atoms with E-state index in [9.17, 15) is 4.79 Å². The molecule has 0 spiro atoms. The molecule has 1 heterocycles. The van der Waals surface area contributed by atoms with Crippen molar-refractivity contribution in [1.82, 2.24) is 15.0 Å². The minimum absolute atomic E-state index is 0.242. The average molecular weight is 264 g/mol. The SMILES string of the molecule is NC(Cc1cn(CC2CC3CCC2C3)nn1)C(=O)O. The zero-order chi connectivity index (χ0) is 13.4. The van der Waals surface area contributed by atoms with Gasteiger partial charge in [0.1, 0.15) is 6.04 Å². The van der Waals surface area contributed by atoms with Crippen LogP contribution in [-0.2, 0) is 17.8 Å². The van der Waals surface area contributed by atoms with Crippen molar-refractivity contribution in [2.45, 2.75) is 44.7 Å². The van der Waals surface area contributed by atoms with E-state index >= 15 is 0 Å². The molecule has 4 atom stereocenters. The van der Waals surface area contributed by atoms with E-state index in [1.165, 1.54) is 25.7 Å². The lowest BCUT2D eigenvalue weighted by Gasteiger charge is -2.20. The van der Waals surface area contributed by atoms with Crippen LogP contribution in [0.2, 0.25) is 0 Å². The molecule has 2 fully saturated rings. The first-order chi connectivity index (χ1) is 9.11. The summed E-state index contributed by atoms with van der Waals surface area (Å²) in [5.74, 6) is 1.52. The Morgan fingerprint density at radius 3 is 3.00 bits per heavy atom. The highest BCUT2D eigenvalue weighted by atomic mass is 16.4. The number of aromatic nitrogens is 3. The van der Waals surface area contributed by atoms with Gasteiger partial charge in [0.05, 0.1) is 5.69 Å². The van der Waals surface area contributed by atoms with Gasteiger partial charge in [0.2, 0.25) is 0 Å². The molecule has 0 aliphatic heterocycles. The first kappa shape index (κ1) is 12.6. The van der Waals surface area contributed by atoms with Crippen molar-refractivity contribution in [3.8, 4) is 0 Å². The maximum absolute atomic E-state index is 10.7. The molecule has 104 valence electrons. The highest BCUT2D eigenvalue weighted by molar-refractivity contribution is 5.73. The Kier molecular flexibility index (Phi) is 3.26. The molecule has 0 radical (unpaired) electrons. The van der Waals surface area contributed by atoms with Crippen LogP contribution in [0.25, 0.3) is 0 Å². The van der Waals surface area contributed by atoms with Gasteiger partial charge in [-0.1, -0.05) is 11.6 Å². The quantitative estimate of drug-likeness (QED) is 0.815. The topological polar surface area (TPSA) is 94.0 Å². The molecule has 19 heavy (non-hydrogen) atoms. The van der Waals surface area contributed by atoms with Crippen LogP contribution >= 0.6 is 0 Å². The normalized spacial score (nSPS) is 30.7. The van der Waals surface area contributed by atoms with Crippen molar-refractivity contribution in [2.24, 2.45) is 23.5 Å². The summed E-state index contributed by atoms with van der Waals surface area (Å²) in [6.07, 6.45) is 7.55. The van der Waals surface area contributed by atoms with Gasteiger partial charge in [-0.2, -0.15) is 0 Å². The summed E-state index contributed by atoms with van der Waals surface area (Å²) in [6.45, 7) is 0.913. The summed E-state index contributed by atoms with van der Waals surface area (Å²) < 4.78 is 1.86. The molecule has 3 N–H and O–H groups in total. The third-order valence-corrected chi connectivity index (χ3v) is 4.64. The Morgan fingerprint density at radius 1 is 1.53 bits per heavy atom. The summed E-state index contributed by atoms with van der Waals surface area (Å²) >= 11 is 0. The molecule has 1 aromatic heterocycles. The predicted molar refractivity (Wildman–Crippen MR) is 68.3 cm³/mol. The molecular weight excluding hydrogens is 244 g/mol. The van der Waals surface area contributed by atoms with Crippen LogP contribution in [-0.4, -0.2) is 32.1 Å². The maximum atomic E-state index is 10.7. The Bertz CT molecular complexity index is 473. The van der Waals surface area contributed by atoms with Crippen molar-refractivity contribution in [1.29, 1.82) is 0 Å². The monoisotopic (exact) mass is 264 g/mol. The first-order valence-electron chi connectivity index (χ1n) is 6.99. The molecule has 0 saturated heterocycles. The second kappa shape index (κ2) is 4.92. The number of carboxylic acids is 1. The zero-order valence-corrected chi connectivity index (χ0v) is 10.9. The van der Waals surface area contributed by atoms with E-state index in [4.69, 9.17) is 10.8 Å². The lowest BCUT2D eigenvalue weighted by Crippen LogP contribution is -2.32. The molecule has 1 aromatic rings. The fourth-order valence-electron chi connectivity index (χ4n) is 3.67. The minimum atomic E-state index is -0.998. The van der Waals surface area contributed by atoms with Gasteiger partial charge >= 0.3 is 5.97 Å². The number of carbonyl (C=O) groups is 1. The molecule has 2 aliphatic rings. The maximum Gasteiger partial charge on any atom is 0.320 e. The number of fused-ring (bicyclic) bond motifs is 2. The number of hydrogen-bond acceptors (Lipinski definition) is 4. The number of nitrogens with zero attached hydrogens (tertiary/aromatic N) is 3. The lowest BCUT2D eigenvalue weighted by atomic mass is 9.89. The van der Waals surface area contributed by atoms with Crippen LogP contribution in [0.5, 0.6) is 0 Å². The number of rotatable bonds is 5. The minimum Gasteiger partial charge on any atom is -0.480 e. The third-order valence-electron chi connectivity index (χ3n) is 4.64. The van der Waals surface area contributed by atoms with Crippen LogP contribution < -0.4 is 5.73 Å². The van der Waals surface area contributed by atoms with Crippen molar-refractivity contribution < 1.29 is 9.90 Å². The molecular formula is C13H20N4O2. The van der Waals surface area contributed by atoms with Gasteiger partial charge in [-0.3, -0.25) is 9.48 Å².